The zero-order chi connectivity index (χ0) is 8.97. The third-order valence-electron chi connectivity index (χ3n) is 1.47. The number of rotatable bonds is 2. The Morgan fingerprint density at radius 2 is 2.00 bits per heavy atom. The van der Waals surface area contributed by atoms with E-state index >= 15 is 0 Å². The fourth-order valence-electron chi connectivity index (χ4n) is 0.890. The summed E-state index contributed by atoms with van der Waals surface area (Å²) in [5, 5.41) is 0. The van der Waals surface area contributed by atoms with Gasteiger partial charge in [-0.1, -0.05) is 12.1 Å². The summed E-state index contributed by atoms with van der Waals surface area (Å²) in [4.78, 5) is 10.5. The molecule has 0 amide bonds. The first-order chi connectivity index (χ1) is 5.72. The molecule has 0 fully saturated rings. The van der Waals surface area contributed by atoms with Gasteiger partial charge in [0.25, 0.3) is 0 Å². The third kappa shape index (κ3) is 2.31. The van der Waals surface area contributed by atoms with Crippen LogP contribution in [0.15, 0.2) is 24.3 Å². The van der Waals surface area contributed by atoms with Crippen LogP contribution in [0.25, 0.3) is 0 Å². The van der Waals surface area contributed by atoms with Crippen LogP contribution in [-0.2, 0) is 11.2 Å². The fourth-order valence-corrected chi connectivity index (χ4v) is 0.890. The van der Waals surface area contributed by atoms with Gasteiger partial charge in [0, 0.05) is 6.92 Å². The molecule has 0 unspecified atom stereocenters. The maximum absolute atomic E-state index is 10.5. The van der Waals surface area contributed by atoms with Crippen molar-refractivity contribution in [2.24, 2.45) is 0 Å². The molecule has 0 atom stereocenters. The molecule has 0 bridgehead atoms. The Bertz CT molecular complexity index is 262. The van der Waals surface area contributed by atoms with E-state index in [9.17, 15) is 4.79 Å². The Kier molecular flexibility index (Phi) is 2.75. The van der Waals surface area contributed by atoms with Crippen LogP contribution >= 0.6 is 0 Å². The molecule has 2 nitrogen and oxygen atoms in total. The number of hydrogen-bond donors (Lipinski definition) is 0. The van der Waals surface area contributed by atoms with Gasteiger partial charge in [-0.05, 0) is 17.7 Å². The van der Waals surface area contributed by atoms with Crippen molar-refractivity contribution in [1.82, 2.24) is 0 Å². The summed E-state index contributed by atoms with van der Waals surface area (Å²) in [6, 6.07) is 7.32. The summed E-state index contributed by atoms with van der Waals surface area (Å²) in [5.74, 6) is 0.289. The van der Waals surface area contributed by atoms with Crippen LogP contribution in [0.4, 0.5) is 0 Å². The minimum absolute atomic E-state index is 0.294. The van der Waals surface area contributed by atoms with E-state index < -0.39 is 0 Å². The predicted molar refractivity (Wildman–Crippen MR) is 46.8 cm³/mol. The lowest BCUT2D eigenvalue weighted by atomic mass is 10.2. The van der Waals surface area contributed by atoms with Gasteiger partial charge >= 0.3 is 5.97 Å². The lowest BCUT2D eigenvalue weighted by Crippen LogP contribution is -2.00. The minimum Gasteiger partial charge on any atom is -0.427 e. The fraction of sp³-hybridized carbons (Fsp3) is 0.200. The summed E-state index contributed by atoms with van der Waals surface area (Å²) in [7, 11) is 0. The summed E-state index contributed by atoms with van der Waals surface area (Å²) in [5.41, 5.74) is 1.13. The zero-order valence-electron chi connectivity index (χ0n) is 7.04. The van der Waals surface area contributed by atoms with Gasteiger partial charge in [0.15, 0.2) is 0 Å². The highest BCUT2D eigenvalue weighted by atomic mass is 16.5. The number of carbonyl (C=O) groups is 1. The summed E-state index contributed by atoms with van der Waals surface area (Å²) < 4.78 is 4.85. The van der Waals surface area contributed by atoms with Crippen LogP contribution in [0.5, 0.6) is 5.75 Å². The van der Waals surface area contributed by atoms with Gasteiger partial charge < -0.3 is 4.74 Å². The molecule has 62 valence electrons. The molecule has 1 rings (SSSR count). The van der Waals surface area contributed by atoms with Crippen molar-refractivity contribution in [3.63, 3.8) is 0 Å². The van der Waals surface area contributed by atoms with Gasteiger partial charge in [-0.25, -0.2) is 0 Å². The first kappa shape index (κ1) is 8.65. The van der Waals surface area contributed by atoms with E-state index in [2.05, 4.69) is 6.92 Å². The van der Waals surface area contributed by atoms with Gasteiger partial charge in [0.2, 0.25) is 0 Å². The van der Waals surface area contributed by atoms with Crippen LogP contribution < -0.4 is 4.74 Å². The van der Waals surface area contributed by atoms with Crippen molar-refractivity contribution >= 4 is 5.97 Å². The summed E-state index contributed by atoms with van der Waals surface area (Å²) in [6.45, 7) is 5.12. The normalized spacial score (nSPS) is 9.42. The van der Waals surface area contributed by atoms with Crippen molar-refractivity contribution < 1.29 is 9.53 Å². The van der Waals surface area contributed by atoms with E-state index in [1.807, 2.05) is 12.1 Å². The molecule has 0 radical (unpaired) electrons. The maximum Gasteiger partial charge on any atom is 0.308 e. The Balaban J connectivity index is 2.71. The maximum atomic E-state index is 10.5. The van der Waals surface area contributed by atoms with E-state index in [1.54, 1.807) is 12.1 Å². The molecule has 0 aliphatic carbocycles. The monoisotopic (exact) mass is 163 g/mol. The number of esters is 1. The Hall–Kier alpha value is -1.44. The van der Waals surface area contributed by atoms with Gasteiger partial charge in [0.05, 0.1) is 6.92 Å². The highest BCUT2D eigenvalue weighted by Gasteiger charge is 1.97. The molecular formula is C10H11O2+. The Morgan fingerprint density at radius 3 is 2.42 bits per heavy atom. The second-order valence-electron chi connectivity index (χ2n) is 2.49. The molecule has 2 heteroatoms. The Labute approximate surface area is 72.2 Å². The molecule has 0 saturated carbocycles. The van der Waals surface area contributed by atoms with Gasteiger partial charge in [-0.2, -0.15) is 0 Å². The van der Waals surface area contributed by atoms with Gasteiger partial charge in [-0.15, -0.1) is 0 Å². The van der Waals surface area contributed by atoms with E-state index in [0.717, 1.165) is 12.0 Å². The Morgan fingerprint density at radius 1 is 1.42 bits per heavy atom. The lowest BCUT2D eigenvalue weighted by Gasteiger charge is -1.99. The molecule has 0 N–H and O–H groups in total. The molecular weight excluding hydrogens is 152 g/mol. The quantitative estimate of drug-likeness (QED) is 0.378. The van der Waals surface area contributed by atoms with Crippen LogP contribution in [0.3, 0.4) is 0 Å². The number of ether oxygens (including phenoxy) is 1. The summed E-state index contributed by atoms with van der Waals surface area (Å²) in [6.07, 6.45) is 0.750. The highest BCUT2D eigenvalue weighted by molar-refractivity contribution is 5.69. The molecule has 0 saturated heterocycles. The first-order valence-corrected chi connectivity index (χ1v) is 3.79. The molecule has 0 aliphatic rings. The number of carbonyl (C=O) groups excluding carboxylic acids is 1. The van der Waals surface area contributed by atoms with E-state index in [0.29, 0.717) is 5.75 Å². The zero-order valence-corrected chi connectivity index (χ0v) is 7.04. The summed E-state index contributed by atoms with van der Waals surface area (Å²) >= 11 is 0. The molecule has 1 aromatic rings. The second-order valence-corrected chi connectivity index (χ2v) is 2.49. The average molecular weight is 163 g/mol. The topological polar surface area (TPSA) is 26.3 Å². The first-order valence-electron chi connectivity index (χ1n) is 3.79. The molecule has 0 spiro atoms. The van der Waals surface area contributed by atoms with Crippen molar-refractivity contribution in [3.8, 4) is 5.75 Å². The highest BCUT2D eigenvalue weighted by Crippen LogP contribution is 2.12. The number of hydrogen-bond acceptors (Lipinski definition) is 2. The average Bonchev–Trinajstić information content (AvgIpc) is 2.05. The van der Waals surface area contributed by atoms with Crippen molar-refractivity contribution in [2.75, 3.05) is 0 Å². The molecule has 1 aromatic carbocycles. The van der Waals surface area contributed by atoms with Crippen molar-refractivity contribution in [3.05, 3.63) is 36.8 Å². The van der Waals surface area contributed by atoms with Crippen molar-refractivity contribution in [2.45, 2.75) is 13.3 Å². The third-order valence-corrected chi connectivity index (χ3v) is 1.47. The van der Waals surface area contributed by atoms with E-state index in [1.165, 1.54) is 6.92 Å². The van der Waals surface area contributed by atoms with Gasteiger partial charge in [-0.3, -0.25) is 4.79 Å². The minimum atomic E-state index is -0.294. The SMILES string of the molecule is [CH2+]Cc1ccc(OC(C)=O)cc1. The number of benzene rings is 1. The van der Waals surface area contributed by atoms with Gasteiger partial charge in [0.1, 0.15) is 12.2 Å². The van der Waals surface area contributed by atoms with Crippen LogP contribution in [0.2, 0.25) is 0 Å². The largest absolute Gasteiger partial charge is 0.427 e. The van der Waals surface area contributed by atoms with Crippen LogP contribution in [0.1, 0.15) is 12.5 Å². The second kappa shape index (κ2) is 3.81. The molecule has 0 aliphatic heterocycles. The van der Waals surface area contributed by atoms with Crippen LogP contribution in [-0.4, -0.2) is 5.97 Å². The van der Waals surface area contributed by atoms with Crippen LogP contribution in [0, 0.1) is 6.92 Å². The van der Waals surface area contributed by atoms with Crippen molar-refractivity contribution in [1.29, 1.82) is 0 Å². The van der Waals surface area contributed by atoms with E-state index in [4.69, 9.17) is 4.74 Å². The smallest absolute Gasteiger partial charge is 0.308 e. The molecule has 0 aromatic heterocycles. The molecule has 12 heavy (non-hydrogen) atoms. The lowest BCUT2D eigenvalue weighted by molar-refractivity contribution is -0.131. The molecule has 0 heterocycles. The standard InChI is InChI=1S/C10H11O2/c1-3-9-4-6-10(7-5-9)12-8(2)11/h4-7H,1,3H2,2H3/q+1. The van der Waals surface area contributed by atoms with E-state index in [-0.39, 0.29) is 5.97 Å². The predicted octanol–water partition coefficient (Wildman–Crippen LogP) is 1.99.